The van der Waals surface area contributed by atoms with Crippen molar-refractivity contribution >= 4 is 27.4 Å². The van der Waals surface area contributed by atoms with E-state index in [1.165, 1.54) is 67.8 Å². The molecule has 1 spiro atoms. The zero-order valence-electron chi connectivity index (χ0n) is 17.7. The largest absolute Gasteiger partial charge is 0.355 e. The minimum atomic E-state index is 0.500. The van der Waals surface area contributed by atoms with Gasteiger partial charge in [-0.05, 0) is 50.0 Å². The molecular formula is C23H34N4S. The molecule has 0 amide bonds. The summed E-state index contributed by atoms with van der Waals surface area (Å²) in [4.78, 5) is 17.2. The van der Waals surface area contributed by atoms with E-state index in [4.69, 9.17) is 4.98 Å². The number of thiophene rings is 1. The Kier molecular flexibility index (Phi) is 4.87. The summed E-state index contributed by atoms with van der Waals surface area (Å²) in [5, 5.41) is 1.27. The third-order valence-electron chi connectivity index (χ3n) is 7.40. The van der Waals surface area contributed by atoms with Crippen molar-refractivity contribution in [2.75, 3.05) is 31.1 Å². The Morgan fingerprint density at radius 2 is 2.04 bits per heavy atom. The van der Waals surface area contributed by atoms with Crippen LogP contribution in [0.3, 0.4) is 0 Å². The summed E-state index contributed by atoms with van der Waals surface area (Å²) in [5.41, 5.74) is 0.500. The second kappa shape index (κ2) is 7.24. The number of nitrogens with zero attached hydrogens (tertiary/aromatic N) is 4. The van der Waals surface area contributed by atoms with Crippen LogP contribution in [0.25, 0.3) is 10.2 Å². The van der Waals surface area contributed by atoms with Gasteiger partial charge in [-0.1, -0.05) is 27.2 Å². The lowest BCUT2D eigenvalue weighted by atomic mass is 9.71. The van der Waals surface area contributed by atoms with Gasteiger partial charge in [0.15, 0.2) is 0 Å². The summed E-state index contributed by atoms with van der Waals surface area (Å²) in [6.07, 6.45) is 9.92. The maximum atomic E-state index is 4.71. The minimum absolute atomic E-state index is 0.500. The molecule has 1 atom stereocenters. The monoisotopic (exact) mass is 398 g/mol. The Hall–Kier alpha value is -1.20. The molecule has 5 rings (SSSR count). The van der Waals surface area contributed by atoms with Gasteiger partial charge in [0, 0.05) is 42.5 Å². The zero-order chi connectivity index (χ0) is 19.3. The second-order valence-corrected chi connectivity index (χ2v) is 11.1. The van der Waals surface area contributed by atoms with Crippen molar-refractivity contribution in [3.63, 3.8) is 0 Å². The highest BCUT2D eigenvalue weighted by molar-refractivity contribution is 7.18. The van der Waals surface area contributed by atoms with E-state index in [2.05, 4.69) is 41.6 Å². The number of hydrogen-bond donors (Lipinski definition) is 0. The van der Waals surface area contributed by atoms with Crippen LogP contribution in [0.4, 0.5) is 5.82 Å². The highest BCUT2D eigenvalue weighted by Crippen LogP contribution is 2.46. The molecule has 152 valence electrons. The topological polar surface area (TPSA) is 32.3 Å². The summed E-state index contributed by atoms with van der Waals surface area (Å²) >= 11 is 1.83. The molecule has 0 aromatic carbocycles. The SMILES string of the molecule is CCc1cc2c(N3CCC4(C3)CN([C@@H](CC(C)C)C3CCC3)C4)ncnc2s1. The van der Waals surface area contributed by atoms with Gasteiger partial charge < -0.3 is 4.90 Å². The molecule has 28 heavy (non-hydrogen) atoms. The molecule has 1 saturated carbocycles. The van der Waals surface area contributed by atoms with Crippen LogP contribution in [0.2, 0.25) is 0 Å². The molecule has 4 nitrogen and oxygen atoms in total. The maximum absolute atomic E-state index is 4.71. The van der Waals surface area contributed by atoms with Crippen molar-refractivity contribution < 1.29 is 0 Å². The van der Waals surface area contributed by atoms with Gasteiger partial charge in [0.2, 0.25) is 0 Å². The quantitative estimate of drug-likeness (QED) is 0.687. The number of fused-ring (bicyclic) bond motifs is 1. The molecule has 0 N–H and O–H groups in total. The van der Waals surface area contributed by atoms with E-state index in [-0.39, 0.29) is 0 Å². The van der Waals surface area contributed by atoms with Crippen molar-refractivity contribution in [1.29, 1.82) is 0 Å². The first-order chi connectivity index (χ1) is 13.6. The first kappa shape index (κ1) is 18.8. The predicted octanol–water partition coefficient (Wildman–Crippen LogP) is 4.98. The molecule has 2 aromatic rings. The molecule has 1 aliphatic carbocycles. The minimum Gasteiger partial charge on any atom is -0.355 e. The number of rotatable bonds is 6. The van der Waals surface area contributed by atoms with Crippen LogP contribution in [0.15, 0.2) is 12.4 Å². The van der Waals surface area contributed by atoms with Crippen LogP contribution in [-0.4, -0.2) is 47.1 Å². The number of anilines is 1. The summed E-state index contributed by atoms with van der Waals surface area (Å²) in [5.74, 6) is 2.95. The van der Waals surface area contributed by atoms with Crippen molar-refractivity contribution in [1.82, 2.24) is 14.9 Å². The van der Waals surface area contributed by atoms with Gasteiger partial charge in [0.1, 0.15) is 17.0 Å². The van der Waals surface area contributed by atoms with Crippen molar-refractivity contribution in [2.24, 2.45) is 17.3 Å². The van der Waals surface area contributed by atoms with Gasteiger partial charge in [-0.15, -0.1) is 11.3 Å². The van der Waals surface area contributed by atoms with Gasteiger partial charge in [-0.2, -0.15) is 0 Å². The molecule has 2 saturated heterocycles. The average molecular weight is 399 g/mol. The Morgan fingerprint density at radius 1 is 1.21 bits per heavy atom. The van der Waals surface area contributed by atoms with Crippen LogP contribution < -0.4 is 4.90 Å². The van der Waals surface area contributed by atoms with E-state index < -0.39 is 0 Å². The maximum Gasteiger partial charge on any atom is 0.140 e. The normalized spacial score (nSPS) is 23.5. The second-order valence-electron chi connectivity index (χ2n) is 9.95. The van der Waals surface area contributed by atoms with E-state index in [1.807, 2.05) is 11.3 Å². The Labute approximate surface area is 173 Å². The van der Waals surface area contributed by atoms with Crippen LogP contribution in [0.1, 0.15) is 57.8 Å². The van der Waals surface area contributed by atoms with Crippen LogP contribution in [0.5, 0.6) is 0 Å². The van der Waals surface area contributed by atoms with E-state index >= 15 is 0 Å². The first-order valence-electron chi connectivity index (χ1n) is 11.3. The summed E-state index contributed by atoms with van der Waals surface area (Å²) in [6, 6.07) is 3.16. The lowest BCUT2D eigenvalue weighted by molar-refractivity contribution is -0.0543. The molecule has 5 heteroatoms. The molecule has 4 heterocycles. The van der Waals surface area contributed by atoms with Gasteiger partial charge >= 0.3 is 0 Å². The third-order valence-corrected chi connectivity index (χ3v) is 8.59. The Morgan fingerprint density at radius 3 is 2.71 bits per heavy atom. The third kappa shape index (κ3) is 3.24. The number of likely N-dealkylation sites (tertiary alicyclic amines) is 1. The molecule has 0 unspecified atom stereocenters. The predicted molar refractivity (Wildman–Crippen MR) is 118 cm³/mol. The molecule has 2 aliphatic heterocycles. The van der Waals surface area contributed by atoms with Crippen LogP contribution in [0, 0.1) is 17.3 Å². The van der Waals surface area contributed by atoms with E-state index in [0.29, 0.717) is 5.41 Å². The Bertz CT molecular complexity index is 834. The summed E-state index contributed by atoms with van der Waals surface area (Å²) in [6.45, 7) is 11.9. The smallest absolute Gasteiger partial charge is 0.140 e. The van der Waals surface area contributed by atoms with Gasteiger partial charge in [0.05, 0.1) is 5.39 Å². The van der Waals surface area contributed by atoms with Crippen LogP contribution in [-0.2, 0) is 6.42 Å². The standard InChI is InChI=1S/C23H34N4S/c1-4-18-11-19-21(24-15-25-22(19)28-18)26-9-8-23(12-26)13-27(14-23)20(10-16(2)3)17-6-5-7-17/h11,15-17,20H,4-10,12-14H2,1-3H3/t20-/m0/s1. The van der Waals surface area contributed by atoms with E-state index in [0.717, 1.165) is 35.7 Å². The van der Waals surface area contributed by atoms with Gasteiger partial charge in [-0.3, -0.25) is 4.90 Å². The lowest BCUT2D eigenvalue weighted by Gasteiger charge is -2.55. The average Bonchev–Trinajstić information content (AvgIpc) is 3.22. The van der Waals surface area contributed by atoms with Crippen LogP contribution >= 0.6 is 11.3 Å². The lowest BCUT2D eigenvalue weighted by Crippen LogP contribution is -2.63. The molecule has 3 aliphatic rings. The fourth-order valence-electron chi connectivity index (χ4n) is 5.69. The molecular weight excluding hydrogens is 364 g/mol. The summed E-state index contributed by atoms with van der Waals surface area (Å²) < 4.78 is 0. The number of hydrogen-bond acceptors (Lipinski definition) is 5. The molecule has 3 fully saturated rings. The van der Waals surface area contributed by atoms with Crippen molar-refractivity contribution in [3.05, 3.63) is 17.3 Å². The Balaban J connectivity index is 1.29. The van der Waals surface area contributed by atoms with Gasteiger partial charge in [-0.25, -0.2) is 9.97 Å². The fourth-order valence-corrected chi connectivity index (χ4v) is 6.62. The van der Waals surface area contributed by atoms with E-state index in [9.17, 15) is 0 Å². The highest BCUT2D eigenvalue weighted by atomic mass is 32.1. The highest BCUT2D eigenvalue weighted by Gasteiger charge is 2.51. The number of aryl methyl sites for hydroxylation is 1. The number of aromatic nitrogens is 2. The van der Waals surface area contributed by atoms with E-state index in [1.54, 1.807) is 6.33 Å². The molecule has 2 aromatic heterocycles. The van der Waals surface area contributed by atoms with Crippen molar-refractivity contribution in [3.8, 4) is 0 Å². The molecule has 0 radical (unpaired) electrons. The van der Waals surface area contributed by atoms with Gasteiger partial charge in [0.25, 0.3) is 0 Å². The first-order valence-corrected chi connectivity index (χ1v) is 12.1. The van der Waals surface area contributed by atoms with Crippen molar-refractivity contribution in [2.45, 2.75) is 65.3 Å². The zero-order valence-corrected chi connectivity index (χ0v) is 18.5. The fraction of sp³-hybridized carbons (Fsp3) is 0.739. The summed E-state index contributed by atoms with van der Waals surface area (Å²) in [7, 11) is 0. The molecule has 0 bridgehead atoms.